The van der Waals surface area contributed by atoms with Gasteiger partial charge in [-0.3, -0.25) is 4.79 Å². The average molecular weight is 304 g/mol. The smallest absolute Gasteiger partial charge is 0.237 e. The fraction of sp³-hybridized carbons (Fsp3) is 0.588. The van der Waals surface area contributed by atoms with E-state index in [1.54, 1.807) is 0 Å². The third-order valence-electron chi connectivity index (χ3n) is 4.39. The Morgan fingerprint density at radius 1 is 1.23 bits per heavy atom. The molecule has 1 heterocycles. The van der Waals surface area contributed by atoms with Gasteiger partial charge >= 0.3 is 0 Å². The van der Waals surface area contributed by atoms with E-state index in [1.807, 2.05) is 25.1 Å². The predicted molar refractivity (Wildman–Crippen MR) is 83.9 cm³/mol. The zero-order chi connectivity index (χ0) is 15.4. The van der Waals surface area contributed by atoms with E-state index in [1.165, 1.54) is 19.3 Å². The minimum absolute atomic E-state index is 0.0904. The SMILES string of the molecule is C[C@@H](NCc1ccc2c(c1)OCO2)C(=O)NC1CCCCC1. The van der Waals surface area contributed by atoms with E-state index in [0.717, 1.165) is 29.9 Å². The fourth-order valence-corrected chi connectivity index (χ4v) is 2.99. The zero-order valence-corrected chi connectivity index (χ0v) is 13.1. The van der Waals surface area contributed by atoms with Crippen LogP contribution in [0.5, 0.6) is 11.5 Å². The molecule has 0 spiro atoms. The van der Waals surface area contributed by atoms with Gasteiger partial charge in [0, 0.05) is 12.6 Å². The zero-order valence-electron chi connectivity index (χ0n) is 13.1. The fourth-order valence-electron chi connectivity index (χ4n) is 2.99. The number of carbonyl (C=O) groups is 1. The summed E-state index contributed by atoms with van der Waals surface area (Å²) in [7, 11) is 0. The minimum Gasteiger partial charge on any atom is -0.454 e. The van der Waals surface area contributed by atoms with Crippen molar-refractivity contribution in [3.05, 3.63) is 23.8 Å². The Morgan fingerprint density at radius 2 is 2.00 bits per heavy atom. The van der Waals surface area contributed by atoms with Crippen LogP contribution in [0.2, 0.25) is 0 Å². The number of hydrogen-bond donors (Lipinski definition) is 2. The van der Waals surface area contributed by atoms with Crippen molar-refractivity contribution in [2.45, 2.75) is 57.7 Å². The summed E-state index contributed by atoms with van der Waals surface area (Å²) in [5.41, 5.74) is 1.08. The third kappa shape index (κ3) is 3.71. The highest BCUT2D eigenvalue weighted by Gasteiger charge is 2.19. The van der Waals surface area contributed by atoms with Crippen molar-refractivity contribution in [3.63, 3.8) is 0 Å². The highest BCUT2D eigenvalue weighted by Crippen LogP contribution is 2.32. The lowest BCUT2D eigenvalue weighted by Gasteiger charge is -2.24. The second-order valence-electron chi connectivity index (χ2n) is 6.13. The van der Waals surface area contributed by atoms with Crippen LogP contribution in [0, 0.1) is 0 Å². The first-order valence-electron chi connectivity index (χ1n) is 8.14. The van der Waals surface area contributed by atoms with Crippen molar-refractivity contribution in [3.8, 4) is 11.5 Å². The summed E-state index contributed by atoms with van der Waals surface area (Å²) >= 11 is 0. The largest absolute Gasteiger partial charge is 0.454 e. The number of rotatable bonds is 5. The number of fused-ring (bicyclic) bond motifs is 1. The van der Waals surface area contributed by atoms with Crippen molar-refractivity contribution in [1.29, 1.82) is 0 Å². The van der Waals surface area contributed by atoms with Crippen molar-refractivity contribution in [2.24, 2.45) is 0 Å². The van der Waals surface area contributed by atoms with Crippen LogP contribution in [0.4, 0.5) is 0 Å². The molecule has 0 saturated heterocycles. The lowest BCUT2D eigenvalue weighted by atomic mass is 9.95. The predicted octanol–water partition coefficient (Wildman–Crippen LogP) is 2.34. The number of nitrogens with one attached hydrogen (secondary N) is 2. The maximum absolute atomic E-state index is 12.2. The maximum atomic E-state index is 12.2. The molecular formula is C17H24N2O3. The summed E-state index contributed by atoms with van der Waals surface area (Å²) in [6, 6.07) is 6.02. The summed E-state index contributed by atoms with van der Waals surface area (Å²) in [6.07, 6.45) is 5.97. The third-order valence-corrected chi connectivity index (χ3v) is 4.39. The summed E-state index contributed by atoms with van der Waals surface area (Å²) in [6.45, 7) is 2.83. The number of benzene rings is 1. The van der Waals surface area contributed by atoms with E-state index in [9.17, 15) is 4.79 Å². The monoisotopic (exact) mass is 304 g/mol. The van der Waals surface area contributed by atoms with Crippen LogP contribution in [0.1, 0.15) is 44.6 Å². The van der Waals surface area contributed by atoms with Crippen molar-refractivity contribution in [1.82, 2.24) is 10.6 Å². The first-order valence-corrected chi connectivity index (χ1v) is 8.14. The Morgan fingerprint density at radius 3 is 2.82 bits per heavy atom. The Bertz CT molecular complexity index is 527. The van der Waals surface area contributed by atoms with Gasteiger partial charge in [0.15, 0.2) is 11.5 Å². The van der Waals surface area contributed by atoms with Crippen LogP contribution >= 0.6 is 0 Å². The summed E-state index contributed by atoms with van der Waals surface area (Å²) in [4.78, 5) is 12.2. The van der Waals surface area contributed by atoms with Gasteiger partial charge in [0.25, 0.3) is 0 Å². The van der Waals surface area contributed by atoms with Gasteiger partial charge in [-0.1, -0.05) is 25.3 Å². The molecule has 1 fully saturated rings. The van der Waals surface area contributed by atoms with E-state index >= 15 is 0 Å². The van der Waals surface area contributed by atoms with E-state index in [-0.39, 0.29) is 18.7 Å². The lowest BCUT2D eigenvalue weighted by Crippen LogP contribution is -2.46. The van der Waals surface area contributed by atoms with Gasteiger partial charge in [0.1, 0.15) is 0 Å². The van der Waals surface area contributed by atoms with Crippen molar-refractivity contribution in [2.75, 3.05) is 6.79 Å². The number of hydrogen-bond acceptors (Lipinski definition) is 4. The molecule has 1 atom stereocenters. The van der Waals surface area contributed by atoms with Gasteiger partial charge in [0.05, 0.1) is 6.04 Å². The van der Waals surface area contributed by atoms with Gasteiger partial charge in [-0.05, 0) is 37.5 Å². The molecule has 0 unspecified atom stereocenters. The van der Waals surface area contributed by atoms with Crippen LogP contribution in [0.3, 0.4) is 0 Å². The molecule has 120 valence electrons. The molecule has 0 aromatic heterocycles. The molecule has 0 radical (unpaired) electrons. The van der Waals surface area contributed by atoms with E-state index in [4.69, 9.17) is 9.47 Å². The van der Waals surface area contributed by atoms with Crippen LogP contribution in [-0.2, 0) is 11.3 Å². The van der Waals surface area contributed by atoms with E-state index in [0.29, 0.717) is 12.6 Å². The first-order chi connectivity index (χ1) is 10.7. The topological polar surface area (TPSA) is 59.6 Å². The first kappa shape index (κ1) is 15.2. The van der Waals surface area contributed by atoms with Gasteiger partial charge in [-0.25, -0.2) is 0 Å². The molecule has 1 aliphatic heterocycles. The van der Waals surface area contributed by atoms with Crippen molar-refractivity contribution < 1.29 is 14.3 Å². The van der Waals surface area contributed by atoms with Crippen LogP contribution < -0.4 is 20.1 Å². The summed E-state index contributed by atoms with van der Waals surface area (Å²) < 4.78 is 10.7. The number of ether oxygens (including phenoxy) is 2. The molecule has 1 aromatic carbocycles. The Labute approximate surface area is 131 Å². The molecule has 1 saturated carbocycles. The van der Waals surface area contributed by atoms with E-state index < -0.39 is 0 Å². The standard InChI is InChI=1S/C17H24N2O3/c1-12(17(20)19-14-5-3-2-4-6-14)18-10-13-7-8-15-16(9-13)22-11-21-15/h7-9,12,14,18H,2-6,10-11H2,1H3,(H,19,20)/t12-/m1/s1. The highest BCUT2D eigenvalue weighted by molar-refractivity contribution is 5.81. The van der Waals surface area contributed by atoms with Crippen LogP contribution in [0.15, 0.2) is 18.2 Å². The molecule has 5 heteroatoms. The molecule has 3 rings (SSSR count). The van der Waals surface area contributed by atoms with Crippen molar-refractivity contribution >= 4 is 5.91 Å². The van der Waals surface area contributed by atoms with Gasteiger partial charge < -0.3 is 20.1 Å². The van der Waals surface area contributed by atoms with Gasteiger partial charge in [0.2, 0.25) is 12.7 Å². The van der Waals surface area contributed by atoms with Gasteiger partial charge in [-0.2, -0.15) is 0 Å². The number of carbonyl (C=O) groups excluding carboxylic acids is 1. The lowest BCUT2D eigenvalue weighted by molar-refractivity contribution is -0.123. The Balaban J connectivity index is 1.47. The molecule has 1 aromatic rings. The maximum Gasteiger partial charge on any atom is 0.237 e. The van der Waals surface area contributed by atoms with Crippen LogP contribution in [0.25, 0.3) is 0 Å². The molecule has 2 N–H and O–H groups in total. The summed E-state index contributed by atoms with van der Waals surface area (Å²) in [5, 5.41) is 6.42. The minimum atomic E-state index is -0.202. The molecule has 0 bridgehead atoms. The quantitative estimate of drug-likeness (QED) is 0.876. The molecule has 2 aliphatic rings. The molecule has 1 aliphatic carbocycles. The molecular weight excluding hydrogens is 280 g/mol. The second-order valence-corrected chi connectivity index (χ2v) is 6.13. The normalized spacial score (nSPS) is 19.0. The van der Waals surface area contributed by atoms with E-state index in [2.05, 4.69) is 10.6 Å². The second kappa shape index (κ2) is 7.01. The Kier molecular flexibility index (Phi) is 4.83. The van der Waals surface area contributed by atoms with Crippen LogP contribution in [-0.4, -0.2) is 24.8 Å². The number of amides is 1. The molecule has 1 amide bonds. The summed E-state index contributed by atoms with van der Waals surface area (Å²) in [5.74, 6) is 1.65. The molecule has 5 nitrogen and oxygen atoms in total. The highest BCUT2D eigenvalue weighted by atomic mass is 16.7. The Hall–Kier alpha value is -1.75. The average Bonchev–Trinajstić information content (AvgIpc) is 3.01. The molecule has 22 heavy (non-hydrogen) atoms. The van der Waals surface area contributed by atoms with Gasteiger partial charge in [-0.15, -0.1) is 0 Å².